The molecule has 0 amide bonds. The predicted octanol–water partition coefficient (Wildman–Crippen LogP) is 6.49. The molecule has 0 aliphatic heterocycles. The van der Waals surface area contributed by atoms with Crippen molar-refractivity contribution in [3.05, 3.63) is 0 Å². The van der Waals surface area contributed by atoms with Crippen LogP contribution in [0.25, 0.3) is 0 Å². The third-order valence-corrected chi connectivity index (χ3v) is 13.5. The number of fused-ring (bicyclic) bond motifs is 7. The normalized spacial score (nSPS) is 52.2. The summed E-state index contributed by atoms with van der Waals surface area (Å²) in [5.41, 5.74) is -1.37. The molecule has 4 heteroatoms. The molecular formula is C30H48O4. The van der Waals surface area contributed by atoms with E-state index in [1.165, 1.54) is 0 Å². The van der Waals surface area contributed by atoms with Crippen molar-refractivity contribution in [2.45, 2.75) is 118 Å². The summed E-state index contributed by atoms with van der Waals surface area (Å²) in [5, 5.41) is 21.7. The van der Waals surface area contributed by atoms with Gasteiger partial charge < -0.3 is 10.2 Å². The molecule has 5 fully saturated rings. The molecule has 1 unspecified atom stereocenters. The topological polar surface area (TPSA) is 74.6 Å². The highest BCUT2D eigenvalue weighted by atomic mass is 16.4. The van der Waals surface area contributed by atoms with Gasteiger partial charge in [0.2, 0.25) is 0 Å². The fraction of sp³-hybridized carbons (Fsp3) is 0.933. The molecule has 0 bridgehead atoms. The van der Waals surface area contributed by atoms with Crippen LogP contribution < -0.4 is 0 Å². The molecular weight excluding hydrogens is 424 g/mol. The number of aliphatic carboxylic acids is 1. The number of carbonyl (C=O) groups excluding carboxylic acids is 1. The molecule has 34 heavy (non-hydrogen) atoms. The second-order valence-electron chi connectivity index (χ2n) is 15.1. The number of hydrogen-bond acceptors (Lipinski definition) is 3. The summed E-state index contributed by atoms with van der Waals surface area (Å²) in [6.45, 7) is 15.7. The van der Waals surface area contributed by atoms with Gasteiger partial charge in [-0.2, -0.15) is 0 Å². The minimum atomic E-state index is -0.852. The Hall–Kier alpha value is -0.900. The zero-order chi connectivity index (χ0) is 25.1. The van der Waals surface area contributed by atoms with Crippen LogP contribution in [0.4, 0.5) is 0 Å². The smallest absolute Gasteiger partial charge is 0.309 e. The lowest BCUT2D eigenvalue weighted by Gasteiger charge is -2.72. The SMILES string of the molecule is CC(C)(O)C1CC[C@]2(C(=O)O)CC[C@]3(C)[C@H](CC[C@@H]4[C@@]5(C)CCC(=O)C(C)(C)[C@@H]5CC[C@]43C)[C@@H]12. The maximum Gasteiger partial charge on any atom is 0.309 e. The highest BCUT2D eigenvalue weighted by Gasteiger charge is 2.72. The average molecular weight is 473 g/mol. The summed E-state index contributed by atoms with van der Waals surface area (Å²) in [4.78, 5) is 25.7. The van der Waals surface area contributed by atoms with Gasteiger partial charge in [0.1, 0.15) is 5.78 Å². The van der Waals surface area contributed by atoms with Crippen molar-refractivity contribution in [1.29, 1.82) is 0 Å². The van der Waals surface area contributed by atoms with E-state index in [2.05, 4.69) is 34.6 Å². The lowest BCUT2D eigenvalue weighted by Crippen LogP contribution is -2.67. The molecule has 5 rings (SSSR count). The predicted molar refractivity (Wildman–Crippen MR) is 133 cm³/mol. The van der Waals surface area contributed by atoms with E-state index in [0.29, 0.717) is 36.4 Å². The van der Waals surface area contributed by atoms with Crippen molar-refractivity contribution < 1.29 is 19.8 Å². The first-order valence-corrected chi connectivity index (χ1v) is 14.0. The van der Waals surface area contributed by atoms with Crippen molar-refractivity contribution >= 4 is 11.8 Å². The number of carboxylic acids is 1. The zero-order valence-electron chi connectivity index (χ0n) is 22.7. The number of ketones is 1. The van der Waals surface area contributed by atoms with Crippen molar-refractivity contribution in [3.63, 3.8) is 0 Å². The summed E-state index contributed by atoms with van der Waals surface area (Å²) in [7, 11) is 0. The molecule has 0 aromatic rings. The van der Waals surface area contributed by atoms with Gasteiger partial charge in [-0.1, -0.05) is 34.6 Å². The van der Waals surface area contributed by atoms with Gasteiger partial charge >= 0.3 is 5.97 Å². The summed E-state index contributed by atoms with van der Waals surface area (Å²) >= 11 is 0. The number of hydrogen-bond donors (Lipinski definition) is 2. The van der Waals surface area contributed by atoms with Crippen LogP contribution in [-0.4, -0.2) is 27.6 Å². The van der Waals surface area contributed by atoms with Crippen LogP contribution in [0.5, 0.6) is 0 Å². The second-order valence-corrected chi connectivity index (χ2v) is 15.1. The van der Waals surface area contributed by atoms with E-state index in [4.69, 9.17) is 0 Å². The van der Waals surface area contributed by atoms with Crippen LogP contribution >= 0.6 is 0 Å². The molecule has 0 radical (unpaired) electrons. The van der Waals surface area contributed by atoms with Crippen molar-refractivity contribution in [3.8, 4) is 0 Å². The monoisotopic (exact) mass is 472 g/mol. The number of aliphatic hydroxyl groups is 1. The minimum Gasteiger partial charge on any atom is -0.481 e. The van der Waals surface area contributed by atoms with Gasteiger partial charge in [0, 0.05) is 11.8 Å². The van der Waals surface area contributed by atoms with Crippen LogP contribution in [0.2, 0.25) is 0 Å². The molecule has 9 atom stereocenters. The first kappa shape index (κ1) is 24.8. The quantitative estimate of drug-likeness (QED) is 0.481. The summed E-state index contributed by atoms with van der Waals surface area (Å²) < 4.78 is 0. The molecule has 0 spiro atoms. The molecule has 0 aromatic heterocycles. The fourth-order valence-corrected chi connectivity index (χ4v) is 11.6. The Morgan fingerprint density at radius 3 is 2.15 bits per heavy atom. The summed E-state index contributed by atoms with van der Waals surface area (Å²) in [5.74, 6) is 1.28. The zero-order valence-corrected chi connectivity index (χ0v) is 22.7. The van der Waals surface area contributed by atoms with Gasteiger partial charge in [0.15, 0.2) is 0 Å². The number of carbonyl (C=O) groups is 2. The van der Waals surface area contributed by atoms with Crippen molar-refractivity contribution in [1.82, 2.24) is 0 Å². The Morgan fingerprint density at radius 1 is 0.853 bits per heavy atom. The Morgan fingerprint density at radius 2 is 1.53 bits per heavy atom. The number of Topliss-reactive ketones (excluding diaryl/α,β-unsaturated/α-hetero) is 1. The van der Waals surface area contributed by atoms with E-state index >= 15 is 0 Å². The van der Waals surface area contributed by atoms with Crippen molar-refractivity contribution in [2.24, 2.45) is 56.7 Å². The van der Waals surface area contributed by atoms with Gasteiger partial charge in [0.05, 0.1) is 11.0 Å². The van der Waals surface area contributed by atoms with E-state index in [1.807, 2.05) is 13.8 Å². The minimum absolute atomic E-state index is 0.0477. The molecule has 5 aliphatic rings. The van der Waals surface area contributed by atoms with Crippen LogP contribution in [0.3, 0.4) is 0 Å². The second kappa shape index (κ2) is 7.11. The Balaban J connectivity index is 1.58. The van der Waals surface area contributed by atoms with Gasteiger partial charge in [0.25, 0.3) is 0 Å². The standard InChI is InChI=1S/C30H48O4/c1-25(2)20-11-14-29(7)21(27(20,5)13-12-22(25)31)9-8-19-23-18(26(3,4)34)10-15-30(23,24(32)33)17-16-28(19,29)6/h18-21,23,34H,8-17H2,1-7H3,(H,32,33)/t18?,19-,20+,21-,23-,27+,28-,29-,30+/m1/s1. The summed E-state index contributed by atoms with van der Waals surface area (Å²) in [6.07, 6.45) is 9.43. The largest absolute Gasteiger partial charge is 0.481 e. The lowest BCUT2D eigenvalue weighted by atomic mass is 9.32. The molecule has 2 N–H and O–H groups in total. The average Bonchev–Trinajstić information content (AvgIpc) is 3.13. The van der Waals surface area contributed by atoms with Gasteiger partial charge in [-0.3, -0.25) is 9.59 Å². The first-order valence-electron chi connectivity index (χ1n) is 14.0. The third-order valence-electron chi connectivity index (χ3n) is 13.5. The molecule has 5 aliphatic carbocycles. The van der Waals surface area contributed by atoms with E-state index < -0.39 is 17.0 Å². The van der Waals surface area contributed by atoms with Crippen LogP contribution in [0.15, 0.2) is 0 Å². The molecule has 0 saturated heterocycles. The fourth-order valence-electron chi connectivity index (χ4n) is 11.6. The lowest BCUT2D eigenvalue weighted by molar-refractivity contribution is -0.240. The first-order chi connectivity index (χ1) is 15.6. The highest BCUT2D eigenvalue weighted by Crippen LogP contribution is 2.77. The molecule has 5 saturated carbocycles. The molecule has 192 valence electrons. The number of rotatable bonds is 2. The number of carboxylic acid groups (broad SMARTS) is 1. The van der Waals surface area contributed by atoms with E-state index in [9.17, 15) is 19.8 Å². The van der Waals surface area contributed by atoms with Crippen LogP contribution in [0.1, 0.15) is 113 Å². The highest BCUT2D eigenvalue weighted by molar-refractivity contribution is 5.85. The Labute approximate surface area is 206 Å². The summed E-state index contributed by atoms with van der Waals surface area (Å²) in [6, 6.07) is 0. The third kappa shape index (κ3) is 2.81. The van der Waals surface area contributed by atoms with E-state index in [1.54, 1.807) is 0 Å². The Kier molecular flexibility index (Phi) is 5.18. The van der Waals surface area contributed by atoms with Gasteiger partial charge in [-0.25, -0.2) is 0 Å². The maximum absolute atomic E-state index is 12.9. The maximum atomic E-state index is 12.9. The van der Waals surface area contributed by atoms with Crippen molar-refractivity contribution in [2.75, 3.05) is 0 Å². The molecule has 4 nitrogen and oxygen atoms in total. The van der Waals surface area contributed by atoms with E-state index in [-0.39, 0.29) is 33.5 Å². The van der Waals surface area contributed by atoms with E-state index in [0.717, 1.165) is 51.4 Å². The molecule has 0 aromatic carbocycles. The van der Waals surface area contributed by atoms with Gasteiger partial charge in [-0.05, 0) is 117 Å². The van der Waals surface area contributed by atoms with Crippen LogP contribution in [0, 0.1) is 56.7 Å². The van der Waals surface area contributed by atoms with Gasteiger partial charge in [-0.15, -0.1) is 0 Å². The molecule has 0 heterocycles. The Bertz CT molecular complexity index is 900. The van der Waals surface area contributed by atoms with Crippen LogP contribution in [-0.2, 0) is 9.59 Å².